The van der Waals surface area contributed by atoms with Crippen molar-refractivity contribution in [2.75, 3.05) is 36.4 Å². The van der Waals surface area contributed by atoms with E-state index in [1.807, 2.05) is 25.1 Å². The molecule has 1 aliphatic rings. The molecule has 142 valence electrons. The lowest BCUT2D eigenvalue weighted by molar-refractivity contribution is -0.134. The zero-order valence-electron chi connectivity index (χ0n) is 15.0. The average Bonchev–Trinajstić information content (AvgIpc) is 2.65. The highest BCUT2D eigenvalue weighted by Gasteiger charge is 2.23. The fourth-order valence-electron chi connectivity index (χ4n) is 3.09. The predicted octanol–water partition coefficient (Wildman–Crippen LogP) is 2.95. The van der Waals surface area contributed by atoms with Crippen molar-refractivity contribution in [1.82, 2.24) is 4.90 Å². The van der Waals surface area contributed by atoms with E-state index >= 15 is 0 Å². The smallest absolute Gasteiger partial charge is 0.233 e. The molecule has 7 heteroatoms. The molecule has 2 aromatic rings. The van der Waals surface area contributed by atoms with Crippen molar-refractivity contribution in [3.8, 4) is 0 Å². The van der Waals surface area contributed by atoms with E-state index in [-0.39, 0.29) is 5.91 Å². The summed E-state index contributed by atoms with van der Waals surface area (Å²) in [4.78, 5) is 28.1. The Balaban J connectivity index is 1.53. The van der Waals surface area contributed by atoms with Gasteiger partial charge in [-0.05, 0) is 36.8 Å². The second-order valence-electron chi connectivity index (χ2n) is 6.53. The van der Waals surface area contributed by atoms with Gasteiger partial charge in [0.05, 0.1) is 0 Å². The third kappa shape index (κ3) is 4.61. The van der Waals surface area contributed by atoms with Gasteiger partial charge >= 0.3 is 0 Å². The number of rotatable bonds is 4. The van der Waals surface area contributed by atoms with Crippen LogP contribution in [-0.2, 0) is 9.59 Å². The molecule has 0 radical (unpaired) electrons. The predicted molar refractivity (Wildman–Crippen MR) is 99.6 cm³/mol. The Morgan fingerprint density at radius 2 is 1.63 bits per heavy atom. The van der Waals surface area contributed by atoms with E-state index < -0.39 is 29.6 Å². The Hall–Kier alpha value is -2.96. The minimum atomic E-state index is -0.873. The van der Waals surface area contributed by atoms with Gasteiger partial charge in [-0.2, -0.15) is 0 Å². The number of hydrogen-bond acceptors (Lipinski definition) is 3. The zero-order chi connectivity index (χ0) is 19.4. The topological polar surface area (TPSA) is 52.7 Å². The first-order chi connectivity index (χ1) is 12.9. The van der Waals surface area contributed by atoms with Crippen molar-refractivity contribution < 1.29 is 18.4 Å². The normalized spacial score (nSPS) is 14.2. The number of aryl methyl sites for hydroxylation is 1. The summed E-state index contributed by atoms with van der Waals surface area (Å²) in [5.41, 5.74) is 1.75. The molecule has 0 saturated carbocycles. The molecule has 2 aromatic carbocycles. The van der Waals surface area contributed by atoms with Crippen molar-refractivity contribution >= 4 is 23.2 Å². The van der Waals surface area contributed by atoms with Gasteiger partial charge in [-0.1, -0.05) is 18.2 Å². The number of piperazine rings is 1. The summed E-state index contributed by atoms with van der Waals surface area (Å²) in [7, 11) is 0. The Bertz CT molecular complexity index is 829. The fraction of sp³-hybridized carbons (Fsp3) is 0.300. The SMILES string of the molecule is Cc1cccc(N2CCN(C(=O)CC(=O)Nc3c(F)cccc3F)CC2)c1. The van der Waals surface area contributed by atoms with Crippen molar-refractivity contribution in [3.05, 3.63) is 59.7 Å². The summed E-state index contributed by atoms with van der Waals surface area (Å²) in [6.07, 6.45) is -0.446. The summed E-state index contributed by atoms with van der Waals surface area (Å²) in [5.74, 6) is -2.83. The van der Waals surface area contributed by atoms with Crippen LogP contribution in [0.1, 0.15) is 12.0 Å². The monoisotopic (exact) mass is 373 g/mol. The summed E-state index contributed by atoms with van der Waals surface area (Å²) in [5, 5.41) is 2.14. The van der Waals surface area contributed by atoms with E-state index in [4.69, 9.17) is 0 Å². The van der Waals surface area contributed by atoms with Gasteiger partial charge in [-0.15, -0.1) is 0 Å². The van der Waals surface area contributed by atoms with E-state index in [9.17, 15) is 18.4 Å². The van der Waals surface area contributed by atoms with E-state index in [0.29, 0.717) is 26.2 Å². The van der Waals surface area contributed by atoms with Gasteiger partial charge < -0.3 is 15.1 Å². The number of benzene rings is 2. The largest absolute Gasteiger partial charge is 0.368 e. The quantitative estimate of drug-likeness (QED) is 0.839. The summed E-state index contributed by atoms with van der Waals surface area (Å²) < 4.78 is 27.2. The summed E-state index contributed by atoms with van der Waals surface area (Å²) >= 11 is 0. The molecular formula is C20H21F2N3O2. The van der Waals surface area contributed by atoms with Crippen LogP contribution in [0.3, 0.4) is 0 Å². The van der Waals surface area contributed by atoms with Crippen molar-refractivity contribution in [2.24, 2.45) is 0 Å². The van der Waals surface area contributed by atoms with E-state index in [2.05, 4.69) is 16.3 Å². The molecular weight excluding hydrogens is 352 g/mol. The van der Waals surface area contributed by atoms with E-state index in [1.165, 1.54) is 11.6 Å². The Kier molecular flexibility index (Phi) is 5.69. The number of carbonyl (C=O) groups is 2. The van der Waals surface area contributed by atoms with Crippen LogP contribution >= 0.6 is 0 Å². The van der Waals surface area contributed by atoms with Gasteiger partial charge in [0, 0.05) is 31.9 Å². The minimum absolute atomic E-state index is 0.354. The Morgan fingerprint density at radius 1 is 1.00 bits per heavy atom. The fourth-order valence-corrected chi connectivity index (χ4v) is 3.09. The molecule has 27 heavy (non-hydrogen) atoms. The molecule has 2 amide bonds. The van der Waals surface area contributed by atoms with Crippen LogP contribution in [0.15, 0.2) is 42.5 Å². The molecule has 3 rings (SSSR count). The molecule has 0 spiro atoms. The minimum Gasteiger partial charge on any atom is -0.368 e. The maximum atomic E-state index is 13.6. The standard InChI is InChI=1S/C20H21F2N3O2/c1-14-4-2-5-15(12-14)24-8-10-25(11-9-24)19(27)13-18(26)23-20-16(21)6-3-7-17(20)22/h2-7,12H,8-11,13H2,1H3,(H,23,26). The van der Waals surface area contributed by atoms with Gasteiger partial charge in [0.25, 0.3) is 0 Å². The highest BCUT2D eigenvalue weighted by molar-refractivity contribution is 6.03. The van der Waals surface area contributed by atoms with Crippen LogP contribution in [0.25, 0.3) is 0 Å². The third-order valence-corrected chi connectivity index (χ3v) is 4.54. The highest BCUT2D eigenvalue weighted by Crippen LogP contribution is 2.19. The highest BCUT2D eigenvalue weighted by atomic mass is 19.1. The number of anilines is 2. The van der Waals surface area contributed by atoms with Crippen LogP contribution in [-0.4, -0.2) is 42.9 Å². The number of para-hydroxylation sites is 1. The summed E-state index contributed by atoms with van der Waals surface area (Å²) in [6.45, 7) is 4.35. The Labute approximate surface area is 156 Å². The molecule has 1 fully saturated rings. The first-order valence-corrected chi connectivity index (χ1v) is 8.77. The van der Waals surface area contributed by atoms with Crippen molar-refractivity contribution in [1.29, 1.82) is 0 Å². The zero-order valence-corrected chi connectivity index (χ0v) is 15.0. The number of nitrogens with one attached hydrogen (secondary N) is 1. The number of nitrogens with zero attached hydrogens (tertiary/aromatic N) is 2. The van der Waals surface area contributed by atoms with E-state index in [1.54, 1.807) is 4.90 Å². The molecule has 0 atom stereocenters. The number of amides is 2. The van der Waals surface area contributed by atoms with Gasteiger partial charge in [-0.3, -0.25) is 9.59 Å². The molecule has 1 aliphatic heterocycles. The molecule has 0 bridgehead atoms. The Morgan fingerprint density at radius 3 is 2.26 bits per heavy atom. The number of carbonyl (C=O) groups excluding carboxylic acids is 2. The molecule has 0 aliphatic carbocycles. The van der Waals surface area contributed by atoms with Gasteiger partial charge in [-0.25, -0.2) is 8.78 Å². The third-order valence-electron chi connectivity index (χ3n) is 4.54. The lowest BCUT2D eigenvalue weighted by Gasteiger charge is -2.36. The maximum absolute atomic E-state index is 13.6. The van der Waals surface area contributed by atoms with Gasteiger partial charge in [0.15, 0.2) is 0 Å². The lowest BCUT2D eigenvalue weighted by Crippen LogP contribution is -2.49. The molecule has 1 heterocycles. The molecule has 0 unspecified atom stereocenters. The molecule has 1 N–H and O–H groups in total. The van der Waals surface area contributed by atoms with Crippen LogP contribution in [0.4, 0.5) is 20.2 Å². The first-order valence-electron chi connectivity index (χ1n) is 8.77. The molecule has 0 aromatic heterocycles. The van der Waals surface area contributed by atoms with Crippen LogP contribution in [0.5, 0.6) is 0 Å². The first kappa shape index (κ1) is 18.8. The second-order valence-corrected chi connectivity index (χ2v) is 6.53. The van der Waals surface area contributed by atoms with Crippen LogP contribution in [0, 0.1) is 18.6 Å². The van der Waals surface area contributed by atoms with Crippen molar-refractivity contribution in [2.45, 2.75) is 13.3 Å². The van der Waals surface area contributed by atoms with Crippen LogP contribution < -0.4 is 10.2 Å². The van der Waals surface area contributed by atoms with Gasteiger partial charge in [0.2, 0.25) is 11.8 Å². The summed E-state index contributed by atoms with van der Waals surface area (Å²) in [6, 6.07) is 11.4. The number of hydrogen-bond donors (Lipinski definition) is 1. The van der Waals surface area contributed by atoms with Gasteiger partial charge in [0.1, 0.15) is 23.7 Å². The van der Waals surface area contributed by atoms with Crippen LogP contribution in [0.2, 0.25) is 0 Å². The van der Waals surface area contributed by atoms with E-state index in [0.717, 1.165) is 17.8 Å². The lowest BCUT2D eigenvalue weighted by atomic mass is 10.2. The second kappa shape index (κ2) is 8.16. The average molecular weight is 373 g/mol. The maximum Gasteiger partial charge on any atom is 0.233 e. The molecule has 5 nitrogen and oxygen atoms in total. The number of halogens is 2. The molecule has 1 saturated heterocycles. The van der Waals surface area contributed by atoms with Crippen molar-refractivity contribution in [3.63, 3.8) is 0 Å².